The number of carbonyl (C=O) groups is 1. The summed E-state index contributed by atoms with van der Waals surface area (Å²) in [6.07, 6.45) is 1.06. The first-order valence-corrected chi connectivity index (χ1v) is 7.74. The third-order valence-electron chi connectivity index (χ3n) is 4.91. The highest BCUT2D eigenvalue weighted by Gasteiger charge is 2.56. The van der Waals surface area contributed by atoms with Crippen LogP contribution in [0.25, 0.3) is 0 Å². The molecule has 116 valence electrons. The zero-order valence-corrected chi connectivity index (χ0v) is 12.4. The molecule has 0 radical (unpaired) electrons. The minimum atomic E-state index is -0.440. The molecule has 0 spiro atoms. The molecule has 2 aliphatic rings. The molecule has 5 nitrogen and oxygen atoms in total. The van der Waals surface area contributed by atoms with Crippen LogP contribution in [0.2, 0.25) is 0 Å². The second-order valence-electron chi connectivity index (χ2n) is 6.25. The van der Waals surface area contributed by atoms with Crippen molar-refractivity contribution in [3.05, 3.63) is 75.3 Å². The fourth-order valence-electron chi connectivity index (χ4n) is 3.80. The van der Waals surface area contributed by atoms with E-state index in [1.54, 1.807) is 18.2 Å². The summed E-state index contributed by atoms with van der Waals surface area (Å²) in [6, 6.07) is 14.9. The monoisotopic (exact) mass is 308 g/mol. The van der Waals surface area contributed by atoms with Gasteiger partial charge in [0.25, 0.3) is 5.69 Å². The van der Waals surface area contributed by atoms with Crippen molar-refractivity contribution in [2.24, 2.45) is 5.92 Å². The van der Waals surface area contributed by atoms with Gasteiger partial charge in [0.05, 0.1) is 11.3 Å². The Kier molecular flexibility index (Phi) is 3.15. The number of amides is 1. The topological polar surface area (TPSA) is 72.2 Å². The Balaban J connectivity index is 1.43. The Bertz CT molecular complexity index is 802. The zero-order chi connectivity index (χ0) is 16.0. The van der Waals surface area contributed by atoms with E-state index in [1.165, 1.54) is 17.2 Å². The molecule has 2 aromatic rings. The standard InChI is InChI=1S/C18H16N2O3/c21-16(10-12-6-2-4-8-15(12)20(22)23)19-18-14-9-11-5-1-3-7-13(11)17(14)18/h1-8,14,17-18H,9-10H2,(H,19,21). The fourth-order valence-corrected chi connectivity index (χ4v) is 3.80. The first kappa shape index (κ1) is 13.9. The molecule has 3 unspecified atom stereocenters. The van der Waals surface area contributed by atoms with Crippen molar-refractivity contribution < 1.29 is 9.72 Å². The number of hydrogen-bond acceptors (Lipinski definition) is 3. The van der Waals surface area contributed by atoms with E-state index in [4.69, 9.17) is 0 Å². The smallest absolute Gasteiger partial charge is 0.273 e. The first-order valence-electron chi connectivity index (χ1n) is 7.74. The summed E-state index contributed by atoms with van der Waals surface area (Å²) in [7, 11) is 0. The highest BCUT2D eigenvalue weighted by molar-refractivity contribution is 5.81. The van der Waals surface area contributed by atoms with Crippen molar-refractivity contribution in [3.63, 3.8) is 0 Å². The van der Waals surface area contributed by atoms with Gasteiger partial charge in [-0.3, -0.25) is 14.9 Å². The Morgan fingerprint density at radius 2 is 1.91 bits per heavy atom. The van der Waals surface area contributed by atoms with E-state index in [2.05, 4.69) is 17.4 Å². The summed E-state index contributed by atoms with van der Waals surface area (Å²) >= 11 is 0. The number of hydrogen-bond donors (Lipinski definition) is 1. The van der Waals surface area contributed by atoms with Crippen LogP contribution < -0.4 is 5.32 Å². The van der Waals surface area contributed by atoms with E-state index in [-0.39, 0.29) is 24.1 Å². The first-order chi connectivity index (χ1) is 11.1. The molecule has 1 amide bonds. The Morgan fingerprint density at radius 3 is 2.74 bits per heavy atom. The van der Waals surface area contributed by atoms with Crippen LogP contribution in [-0.4, -0.2) is 16.9 Å². The van der Waals surface area contributed by atoms with Gasteiger partial charge in [-0.15, -0.1) is 0 Å². The van der Waals surface area contributed by atoms with Crippen LogP contribution >= 0.6 is 0 Å². The molecule has 0 aliphatic heterocycles. The third kappa shape index (κ3) is 2.38. The molecule has 0 bridgehead atoms. The van der Waals surface area contributed by atoms with Gasteiger partial charge in [-0.25, -0.2) is 0 Å². The van der Waals surface area contributed by atoms with Crippen LogP contribution in [0.5, 0.6) is 0 Å². The summed E-state index contributed by atoms with van der Waals surface area (Å²) in [6.45, 7) is 0. The minimum absolute atomic E-state index is 0.00369. The maximum absolute atomic E-state index is 12.2. The lowest BCUT2D eigenvalue weighted by atomic mass is 10.0. The van der Waals surface area contributed by atoms with Crippen LogP contribution in [0.3, 0.4) is 0 Å². The molecule has 3 atom stereocenters. The highest BCUT2D eigenvalue weighted by atomic mass is 16.6. The van der Waals surface area contributed by atoms with Gasteiger partial charge in [0.15, 0.2) is 0 Å². The van der Waals surface area contributed by atoms with Gasteiger partial charge in [-0.05, 0) is 23.5 Å². The Hall–Kier alpha value is -2.69. The lowest BCUT2D eigenvalue weighted by Gasteiger charge is -2.09. The van der Waals surface area contributed by atoms with Crippen molar-refractivity contribution in [1.82, 2.24) is 5.32 Å². The lowest BCUT2D eigenvalue weighted by Crippen LogP contribution is -2.30. The molecule has 1 fully saturated rings. The van der Waals surface area contributed by atoms with Crippen molar-refractivity contribution in [3.8, 4) is 0 Å². The van der Waals surface area contributed by atoms with Crippen molar-refractivity contribution in [1.29, 1.82) is 0 Å². The molecule has 2 aliphatic carbocycles. The van der Waals surface area contributed by atoms with E-state index >= 15 is 0 Å². The van der Waals surface area contributed by atoms with E-state index < -0.39 is 4.92 Å². The molecule has 1 N–H and O–H groups in total. The number of para-hydroxylation sites is 1. The molecule has 0 saturated heterocycles. The number of nitrogens with one attached hydrogen (secondary N) is 1. The number of nitrogens with zero attached hydrogens (tertiary/aromatic N) is 1. The summed E-state index contributed by atoms with van der Waals surface area (Å²) < 4.78 is 0. The summed E-state index contributed by atoms with van der Waals surface area (Å²) in [4.78, 5) is 22.8. The quantitative estimate of drug-likeness (QED) is 0.697. The zero-order valence-electron chi connectivity index (χ0n) is 12.4. The number of benzene rings is 2. The number of nitro groups is 1. The van der Waals surface area contributed by atoms with Crippen LogP contribution in [0.1, 0.15) is 22.6 Å². The van der Waals surface area contributed by atoms with Crippen molar-refractivity contribution >= 4 is 11.6 Å². The number of fused-ring (bicyclic) bond motifs is 3. The Morgan fingerprint density at radius 1 is 1.17 bits per heavy atom. The average molecular weight is 308 g/mol. The van der Waals surface area contributed by atoms with E-state index in [0.717, 1.165) is 6.42 Å². The van der Waals surface area contributed by atoms with Gasteiger partial charge in [0.2, 0.25) is 5.91 Å². The van der Waals surface area contributed by atoms with Gasteiger partial charge in [0.1, 0.15) is 0 Å². The van der Waals surface area contributed by atoms with Gasteiger partial charge in [-0.1, -0.05) is 42.5 Å². The van der Waals surface area contributed by atoms with Gasteiger partial charge < -0.3 is 5.32 Å². The average Bonchev–Trinajstić information content (AvgIpc) is 3.04. The van der Waals surface area contributed by atoms with E-state index in [1.807, 2.05) is 12.1 Å². The number of carbonyl (C=O) groups excluding carboxylic acids is 1. The largest absolute Gasteiger partial charge is 0.352 e. The second kappa shape index (κ2) is 5.19. The van der Waals surface area contributed by atoms with Gasteiger partial charge >= 0.3 is 0 Å². The van der Waals surface area contributed by atoms with Gasteiger partial charge in [-0.2, -0.15) is 0 Å². The SMILES string of the molecule is O=C(Cc1ccccc1[N+](=O)[O-])NC1C2Cc3ccccc3C21. The van der Waals surface area contributed by atoms with Crippen molar-refractivity contribution in [2.45, 2.75) is 24.8 Å². The van der Waals surface area contributed by atoms with Crippen molar-refractivity contribution in [2.75, 3.05) is 0 Å². The number of nitro benzene ring substituents is 1. The fraction of sp³-hybridized carbons (Fsp3) is 0.278. The summed E-state index contributed by atoms with van der Waals surface area (Å²) in [5.74, 6) is 0.763. The molecular weight excluding hydrogens is 292 g/mol. The predicted molar refractivity (Wildman–Crippen MR) is 85.1 cm³/mol. The lowest BCUT2D eigenvalue weighted by molar-refractivity contribution is -0.385. The molecule has 0 aromatic heterocycles. The summed E-state index contributed by atoms with van der Waals surface area (Å²) in [5, 5.41) is 14.1. The molecule has 0 heterocycles. The molecular formula is C18H16N2O3. The third-order valence-corrected chi connectivity index (χ3v) is 4.91. The summed E-state index contributed by atoms with van der Waals surface area (Å²) in [5.41, 5.74) is 3.19. The van der Waals surface area contributed by atoms with E-state index in [0.29, 0.717) is 17.4 Å². The van der Waals surface area contributed by atoms with Crippen LogP contribution in [0, 0.1) is 16.0 Å². The molecule has 23 heavy (non-hydrogen) atoms. The molecule has 5 heteroatoms. The number of rotatable bonds is 4. The van der Waals surface area contributed by atoms with E-state index in [9.17, 15) is 14.9 Å². The normalized spacial score (nSPS) is 23.7. The van der Waals surface area contributed by atoms with Gasteiger partial charge in [0, 0.05) is 23.6 Å². The van der Waals surface area contributed by atoms with Crippen LogP contribution in [-0.2, 0) is 17.6 Å². The predicted octanol–water partition coefficient (Wildman–Crippen LogP) is 2.59. The molecule has 4 rings (SSSR count). The van der Waals surface area contributed by atoms with Crippen LogP contribution in [0.4, 0.5) is 5.69 Å². The molecule has 1 saturated carbocycles. The maximum Gasteiger partial charge on any atom is 0.273 e. The minimum Gasteiger partial charge on any atom is -0.352 e. The molecule has 2 aromatic carbocycles. The Labute approximate surface area is 133 Å². The second-order valence-corrected chi connectivity index (χ2v) is 6.25. The van der Waals surface area contributed by atoms with Crippen LogP contribution in [0.15, 0.2) is 48.5 Å². The maximum atomic E-state index is 12.2. The highest BCUT2D eigenvalue weighted by Crippen LogP contribution is 2.56.